The summed E-state index contributed by atoms with van der Waals surface area (Å²) in [7, 11) is 0. The first kappa shape index (κ1) is 17.6. The Kier molecular flexibility index (Phi) is 4.86. The zero-order valence-corrected chi connectivity index (χ0v) is 15.4. The summed E-state index contributed by atoms with van der Waals surface area (Å²) in [5.74, 6) is -0.572. The number of fused-ring (bicyclic) bond motifs is 1. The van der Waals surface area contributed by atoms with E-state index in [1.165, 1.54) is 58.9 Å². The molecular weight excluding hydrogens is 363 g/mol. The number of hydrogen-bond donors (Lipinski definition) is 0. The molecule has 2 aromatic carbocycles. The van der Waals surface area contributed by atoms with Gasteiger partial charge in [0.15, 0.2) is 5.78 Å². The maximum atomic E-state index is 13.0. The number of carbonyl (C=O) groups excluding carboxylic acids is 2. The molecule has 1 aliphatic rings. The van der Waals surface area contributed by atoms with Crippen molar-refractivity contribution in [3.05, 3.63) is 86.9 Å². The SMILES string of the molecule is O=C(c1ccc(F)cc1)c1ccc(OC(=O)c2cc3c(s2)CCCC3)cc1. The summed E-state index contributed by atoms with van der Waals surface area (Å²) in [4.78, 5) is 26.7. The third-order valence-electron chi connectivity index (χ3n) is 4.63. The largest absolute Gasteiger partial charge is 0.422 e. The van der Waals surface area contributed by atoms with Crippen molar-refractivity contribution in [1.82, 2.24) is 0 Å². The smallest absolute Gasteiger partial charge is 0.353 e. The summed E-state index contributed by atoms with van der Waals surface area (Å²) >= 11 is 1.51. The molecule has 0 atom stereocenters. The molecular formula is C22H17FO3S. The number of halogens is 1. The molecule has 0 spiro atoms. The number of hydrogen-bond acceptors (Lipinski definition) is 4. The van der Waals surface area contributed by atoms with Gasteiger partial charge in [0.2, 0.25) is 0 Å². The summed E-state index contributed by atoms with van der Waals surface area (Å²) in [5.41, 5.74) is 2.12. The maximum Gasteiger partial charge on any atom is 0.353 e. The van der Waals surface area contributed by atoms with Crippen LogP contribution in [-0.4, -0.2) is 11.8 Å². The lowest BCUT2D eigenvalue weighted by Crippen LogP contribution is -2.07. The standard InChI is InChI=1S/C22H17FO3S/c23-17-9-5-14(6-10-17)21(24)15-7-11-18(12-8-15)26-22(25)20-13-16-3-1-2-4-19(16)27-20/h5-13H,1-4H2. The van der Waals surface area contributed by atoms with Gasteiger partial charge in [0.05, 0.1) is 0 Å². The highest BCUT2D eigenvalue weighted by Crippen LogP contribution is 2.30. The molecule has 0 unspecified atom stereocenters. The fraction of sp³-hybridized carbons (Fsp3) is 0.182. The molecule has 3 nitrogen and oxygen atoms in total. The molecule has 136 valence electrons. The first-order valence-corrected chi connectivity index (χ1v) is 9.66. The van der Waals surface area contributed by atoms with Crippen molar-refractivity contribution in [1.29, 1.82) is 0 Å². The van der Waals surface area contributed by atoms with E-state index in [1.807, 2.05) is 6.07 Å². The van der Waals surface area contributed by atoms with Gasteiger partial charge in [-0.3, -0.25) is 4.79 Å². The average Bonchev–Trinajstić information content (AvgIpc) is 3.13. The van der Waals surface area contributed by atoms with E-state index in [4.69, 9.17) is 4.74 Å². The lowest BCUT2D eigenvalue weighted by atomic mass is 9.99. The lowest BCUT2D eigenvalue weighted by Gasteiger charge is -2.08. The lowest BCUT2D eigenvalue weighted by molar-refractivity contribution is 0.0739. The molecule has 4 rings (SSSR count). The molecule has 0 N–H and O–H groups in total. The van der Waals surface area contributed by atoms with Crippen LogP contribution in [0.15, 0.2) is 54.6 Å². The number of esters is 1. The molecule has 0 aliphatic heterocycles. The molecule has 1 aliphatic carbocycles. The van der Waals surface area contributed by atoms with Gasteiger partial charge < -0.3 is 4.74 Å². The van der Waals surface area contributed by atoms with Crippen molar-refractivity contribution < 1.29 is 18.7 Å². The fourth-order valence-corrected chi connectivity index (χ4v) is 4.32. The normalized spacial score (nSPS) is 13.1. The number of carbonyl (C=O) groups is 2. The Bertz CT molecular complexity index is 964. The third-order valence-corrected chi connectivity index (χ3v) is 5.85. The second-order valence-electron chi connectivity index (χ2n) is 6.52. The number of benzene rings is 2. The summed E-state index contributed by atoms with van der Waals surface area (Å²) in [6.45, 7) is 0. The van der Waals surface area contributed by atoms with E-state index in [1.54, 1.807) is 24.3 Å². The van der Waals surface area contributed by atoms with E-state index in [-0.39, 0.29) is 17.6 Å². The summed E-state index contributed by atoms with van der Waals surface area (Å²) < 4.78 is 18.4. The summed E-state index contributed by atoms with van der Waals surface area (Å²) in [6, 6.07) is 13.8. The van der Waals surface area contributed by atoms with Crippen molar-refractivity contribution in [2.75, 3.05) is 0 Å². The summed E-state index contributed by atoms with van der Waals surface area (Å²) in [5, 5.41) is 0. The van der Waals surface area contributed by atoms with Crippen LogP contribution in [0.1, 0.15) is 48.9 Å². The molecule has 1 aromatic heterocycles. The van der Waals surface area contributed by atoms with Crippen LogP contribution >= 0.6 is 11.3 Å². The van der Waals surface area contributed by atoms with Crippen LogP contribution in [0.3, 0.4) is 0 Å². The highest BCUT2D eigenvalue weighted by Gasteiger charge is 2.19. The predicted octanol–water partition coefficient (Wildman–Crippen LogP) is 5.22. The van der Waals surface area contributed by atoms with Crippen LogP contribution in [-0.2, 0) is 12.8 Å². The quantitative estimate of drug-likeness (QED) is 0.354. The van der Waals surface area contributed by atoms with Crippen molar-refractivity contribution in [3.63, 3.8) is 0 Å². The molecule has 0 bridgehead atoms. The monoisotopic (exact) mass is 380 g/mol. The fourth-order valence-electron chi connectivity index (χ4n) is 3.19. The van der Waals surface area contributed by atoms with Crippen LogP contribution in [0.25, 0.3) is 0 Å². The van der Waals surface area contributed by atoms with E-state index in [2.05, 4.69) is 0 Å². The Morgan fingerprint density at radius 1 is 0.889 bits per heavy atom. The van der Waals surface area contributed by atoms with Crippen molar-refractivity contribution >= 4 is 23.1 Å². The van der Waals surface area contributed by atoms with Gasteiger partial charge in [-0.25, -0.2) is 9.18 Å². The predicted molar refractivity (Wildman–Crippen MR) is 102 cm³/mol. The van der Waals surface area contributed by atoms with Crippen LogP contribution < -0.4 is 4.74 Å². The van der Waals surface area contributed by atoms with Gasteiger partial charge in [0.1, 0.15) is 16.4 Å². The molecule has 3 aromatic rings. The zero-order chi connectivity index (χ0) is 18.8. The molecule has 0 saturated heterocycles. The summed E-state index contributed by atoms with van der Waals surface area (Å²) in [6.07, 6.45) is 4.40. The van der Waals surface area contributed by atoms with Crippen LogP contribution in [0, 0.1) is 5.82 Å². The Morgan fingerprint density at radius 2 is 1.52 bits per heavy atom. The van der Waals surface area contributed by atoms with Crippen molar-refractivity contribution in [2.24, 2.45) is 0 Å². The Balaban J connectivity index is 1.46. The van der Waals surface area contributed by atoms with E-state index < -0.39 is 0 Å². The Morgan fingerprint density at radius 3 is 2.19 bits per heavy atom. The first-order chi connectivity index (χ1) is 13.1. The van der Waals surface area contributed by atoms with Gasteiger partial charge in [-0.2, -0.15) is 0 Å². The Hall–Kier alpha value is -2.79. The minimum atomic E-state index is -0.385. The molecule has 27 heavy (non-hydrogen) atoms. The molecule has 0 amide bonds. The highest BCUT2D eigenvalue weighted by atomic mass is 32.1. The van der Waals surface area contributed by atoms with Crippen LogP contribution in [0.2, 0.25) is 0 Å². The average molecular weight is 380 g/mol. The van der Waals surface area contributed by atoms with Gasteiger partial charge >= 0.3 is 5.97 Å². The minimum Gasteiger partial charge on any atom is -0.422 e. The van der Waals surface area contributed by atoms with E-state index in [0.29, 0.717) is 21.8 Å². The van der Waals surface area contributed by atoms with Gasteiger partial charge in [0.25, 0.3) is 0 Å². The topological polar surface area (TPSA) is 43.4 Å². The van der Waals surface area contributed by atoms with Crippen molar-refractivity contribution in [3.8, 4) is 5.75 Å². The van der Waals surface area contributed by atoms with Crippen LogP contribution in [0.5, 0.6) is 5.75 Å². The number of thiophene rings is 1. The van der Waals surface area contributed by atoms with Crippen molar-refractivity contribution in [2.45, 2.75) is 25.7 Å². The van der Waals surface area contributed by atoms with E-state index >= 15 is 0 Å². The highest BCUT2D eigenvalue weighted by molar-refractivity contribution is 7.14. The third kappa shape index (κ3) is 3.83. The second kappa shape index (κ2) is 7.45. The second-order valence-corrected chi connectivity index (χ2v) is 7.65. The van der Waals surface area contributed by atoms with Gasteiger partial charge in [-0.15, -0.1) is 11.3 Å². The van der Waals surface area contributed by atoms with E-state index in [9.17, 15) is 14.0 Å². The number of ether oxygens (including phenoxy) is 1. The van der Waals surface area contributed by atoms with Gasteiger partial charge in [0, 0.05) is 16.0 Å². The molecule has 0 saturated carbocycles. The van der Waals surface area contributed by atoms with Crippen LogP contribution in [0.4, 0.5) is 4.39 Å². The first-order valence-electron chi connectivity index (χ1n) is 8.84. The number of rotatable bonds is 4. The molecule has 0 radical (unpaired) electrons. The van der Waals surface area contributed by atoms with E-state index in [0.717, 1.165) is 12.8 Å². The number of ketones is 1. The molecule has 0 fully saturated rings. The Labute approximate surface area is 160 Å². The minimum absolute atomic E-state index is 0.209. The molecule has 5 heteroatoms. The maximum absolute atomic E-state index is 13.0. The van der Waals surface area contributed by atoms with Gasteiger partial charge in [-0.1, -0.05) is 0 Å². The number of aryl methyl sites for hydroxylation is 2. The zero-order valence-electron chi connectivity index (χ0n) is 14.5. The molecule has 1 heterocycles. The van der Waals surface area contributed by atoms with Gasteiger partial charge in [-0.05, 0) is 85.8 Å².